The molecule has 0 unspecified atom stereocenters. The Labute approximate surface area is 236 Å². The van der Waals surface area contributed by atoms with Crippen LogP contribution in [0.5, 0.6) is 0 Å². The second kappa shape index (κ2) is 12.6. The second-order valence-electron chi connectivity index (χ2n) is 10.5. The minimum atomic E-state index is -3.66. The van der Waals surface area contributed by atoms with Gasteiger partial charge in [-0.05, 0) is 56.0 Å². The van der Waals surface area contributed by atoms with Crippen LogP contribution in [0.2, 0.25) is 0 Å². The van der Waals surface area contributed by atoms with E-state index in [0.29, 0.717) is 29.9 Å². The molecule has 208 valence electrons. The number of rotatable bonds is 7. The van der Waals surface area contributed by atoms with Gasteiger partial charge in [-0.15, -0.1) is 0 Å². The first-order valence-electron chi connectivity index (χ1n) is 14.1. The number of benzene rings is 2. The molecule has 0 spiro atoms. The van der Waals surface area contributed by atoms with Gasteiger partial charge in [-0.1, -0.05) is 62.4 Å². The minimum Gasteiger partial charge on any atom is -0.349 e. The van der Waals surface area contributed by atoms with Crippen LogP contribution in [0.4, 0.5) is 0 Å². The Kier molecular flexibility index (Phi) is 8.78. The smallest absolute Gasteiger partial charge is 0.262 e. The van der Waals surface area contributed by atoms with E-state index >= 15 is 0 Å². The number of aromatic nitrogens is 2. The highest BCUT2D eigenvalue weighted by Gasteiger charge is 2.26. The zero-order valence-corrected chi connectivity index (χ0v) is 23.4. The summed E-state index contributed by atoms with van der Waals surface area (Å²) in [6.07, 6.45) is 12.2. The summed E-state index contributed by atoms with van der Waals surface area (Å²) in [5, 5.41) is 17.7. The molecule has 40 heavy (non-hydrogen) atoms. The third kappa shape index (κ3) is 6.35. The van der Waals surface area contributed by atoms with Gasteiger partial charge in [0, 0.05) is 36.5 Å². The lowest BCUT2D eigenvalue weighted by Crippen LogP contribution is -2.36. The van der Waals surface area contributed by atoms with Crippen molar-refractivity contribution >= 4 is 22.0 Å². The first-order chi connectivity index (χ1) is 19.5. The molecule has 0 radical (unpaired) electrons. The van der Waals surface area contributed by atoms with E-state index in [1.807, 2.05) is 36.4 Å². The van der Waals surface area contributed by atoms with Crippen LogP contribution >= 0.6 is 0 Å². The summed E-state index contributed by atoms with van der Waals surface area (Å²) in [6.45, 7) is 1.04. The summed E-state index contributed by atoms with van der Waals surface area (Å²) in [7, 11) is -3.66. The van der Waals surface area contributed by atoms with E-state index in [1.54, 1.807) is 39.5 Å². The van der Waals surface area contributed by atoms with Crippen molar-refractivity contribution in [2.24, 2.45) is 0 Å². The second-order valence-corrected chi connectivity index (χ2v) is 12.5. The first kappa shape index (κ1) is 27.8. The summed E-state index contributed by atoms with van der Waals surface area (Å²) in [6, 6.07) is 18.5. The molecule has 2 fully saturated rings. The van der Waals surface area contributed by atoms with Crippen molar-refractivity contribution < 1.29 is 13.2 Å². The number of nitrogens with zero attached hydrogens (tertiary/aromatic N) is 4. The van der Waals surface area contributed by atoms with E-state index in [-0.39, 0.29) is 16.5 Å². The fraction of sp³-hybridized carbons (Fsp3) is 0.387. The van der Waals surface area contributed by atoms with Crippen LogP contribution in [0, 0.1) is 11.3 Å². The quantitative estimate of drug-likeness (QED) is 0.307. The van der Waals surface area contributed by atoms with Gasteiger partial charge in [0.15, 0.2) is 0 Å². The van der Waals surface area contributed by atoms with Gasteiger partial charge in [0.25, 0.3) is 5.91 Å². The van der Waals surface area contributed by atoms with E-state index < -0.39 is 15.9 Å². The number of hydrogen-bond acceptors (Lipinski definition) is 5. The van der Waals surface area contributed by atoms with E-state index in [2.05, 4.69) is 11.4 Å². The van der Waals surface area contributed by atoms with E-state index in [4.69, 9.17) is 5.10 Å². The SMILES string of the molecule is N#C/C(=C/c1cn(-c2ccccc2)nc1-c1cccc(S(=O)(=O)N2CCCCCC2)c1)C(=O)NC1CCCCC1. The Balaban J connectivity index is 1.53. The number of amides is 1. The van der Waals surface area contributed by atoms with Crippen LogP contribution in [0.1, 0.15) is 63.4 Å². The Morgan fingerprint density at radius 3 is 2.35 bits per heavy atom. The predicted molar refractivity (Wildman–Crippen MR) is 155 cm³/mol. The number of para-hydroxylation sites is 1. The maximum Gasteiger partial charge on any atom is 0.262 e. The molecule has 1 amide bonds. The zero-order chi connectivity index (χ0) is 28.0. The van der Waals surface area contributed by atoms with Gasteiger partial charge in [-0.2, -0.15) is 14.7 Å². The Bertz CT molecular complexity index is 1510. The number of nitrogens with one attached hydrogen (secondary N) is 1. The molecule has 0 atom stereocenters. The Morgan fingerprint density at radius 2 is 1.65 bits per heavy atom. The molecule has 2 aromatic carbocycles. The van der Waals surface area contributed by atoms with Crippen LogP contribution in [-0.4, -0.2) is 47.5 Å². The van der Waals surface area contributed by atoms with E-state index in [1.165, 1.54) is 6.42 Å². The molecule has 1 saturated carbocycles. The molecule has 1 aliphatic carbocycles. The third-order valence-electron chi connectivity index (χ3n) is 7.68. The topological polar surface area (TPSA) is 108 Å². The summed E-state index contributed by atoms with van der Waals surface area (Å²) in [4.78, 5) is 13.3. The zero-order valence-electron chi connectivity index (χ0n) is 22.6. The molecular weight excluding hydrogens is 522 g/mol. The van der Waals surface area contributed by atoms with Gasteiger partial charge in [0.2, 0.25) is 10.0 Å². The van der Waals surface area contributed by atoms with Crippen molar-refractivity contribution in [2.45, 2.75) is 68.7 Å². The predicted octanol–water partition coefficient (Wildman–Crippen LogP) is 5.46. The van der Waals surface area contributed by atoms with Crippen LogP contribution in [0.15, 0.2) is 71.3 Å². The standard InChI is InChI=1S/C31H35N5O3S/c32-22-25(31(37)33-27-13-5-3-6-14-27)20-26-23-36(28-15-7-4-8-16-28)34-30(26)24-12-11-17-29(21-24)40(38,39)35-18-9-1-2-10-19-35/h4,7-8,11-12,15-17,20-21,23,27H,1-3,5-6,9-10,13-14,18-19H2,(H,33,37)/b25-20-. The van der Waals surface area contributed by atoms with Gasteiger partial charge < -0.3 is 5.32 Å². The normalized spacial score (nSPS) is 17.6. The van der Waals surface area contributed by atoms with Crippen molar-refractivity contribution in [1.82, 2.24) is 19.4 Å². The van der Waals surface area contributed by atoms with E-state index in [0.717, 1.165) is 57.1 Å². The maximum absolute atomic E-state index is 13.5. The van der Waals surface area contributed by atoms with E-state index in [9.17, 15) is 18.5 Å². The van der Waals surface area contributed by atoms with Crippen molar-refractivity contribution in [1.29, 1.82) is 5.26 Å². The molecule has 9 heteroatoms. The molecule has 3 aromatic rings. The molecule has 2 aliphatic rings. The molecule has 0 bridgehead atoms. The molecule has 1 aromatic heterocycles. The van der Waals surface area contributed by atoms with Crippen LogP contribution in [0.3, 0.4) is 0 Å². The van der Waals surface area contributed by atoms with Gasteiger partial charge in [-0.25, -0.2) is 13.1 Å². The van der Waals surface area contributed by atoms with Crippen molar-refractivity contribution in [3.05, 3.63) is 71.9 Å². The summed E-state index contributed by atoms with van der Waals surface area (Å²) >= 11 is 0. The third-order valence-corrected chi connectivity index (χ3v) is 9.57. The monoisotopic (exact) mass is 557 g/mol. The number of carbonyl (C=O) groups excluding carboxylic acids is 1. The lowest BCUT2D eigenvalue weighted by molar-refractivity contribution is -0.117. The van der Waals surface area contributed by atoms with Crippen LogP contribution in [-0.2, 0) is 14.8 Å². The molecule has 8 nitrogen and oxygen atoms in total. The average molecular weight is 558 g/mol. The first-order valence-corrected chi connectivity index (χ1v) is 15.6. The van der Waals surface area contributed by atoms with Gasteiger partial charge in [0.1, 0.15) is 17.3 Å². The Hall–Kier alpha value is -3.74. The number of nitriles is 1. The van der Waals surface area contributed by atoms with Crippen LogP contribution < -0.4 is 5.32 Å². The largest absolute Gasteiger partial charge is 0.349 e. The number of sulfonamides is 1. The lowest BCUT2D eigenvalue weighted by Gasteiger charge is -2.22. The molecular formula is C31H35N5O3S. The molecule has 1 saturated heterocycles. The molecule has 2 heterocycles. The summed E-state index contributed by atoms with van der Waals surface area (Å²) in [5.74, 6) is -0.398. The fourth-order valence-corrected chi connectivity index (χ4v) is 7.04. The van der Waals surface area contributed by atoms with Crippen molar-refractivity contribution in [3.8, 4) is 23.0 Å². The highest BCUT2D eigenvalue weighted by molar-refractivity contribution is 7.89. The van der Waals surface area contributed by atoms with Gasteiger partial charge in [0.05, 0.1) is 10.6 Å². The molecule has 1 N–H and O–H groups in total. The highest BCUT2D eigenvalue weighted by atomic mass is 32.2. The van der Waals surface area contributed by atoms with Crippen LogP contribution in [0.25, 0.3) is 23.0 Å². The fourth-order valence-electron chi connectivity index (χ4n) is 5.48. The Morgan fingerprint density at radius 1 is 0.950 bits per heavy atom. The van der Waals surface area contributed by atoms with Gasteiger partial charge >= 0.3 is 0 Å². The average Bonchev–Trinajstić information content (AvgIpc) is 3.20. The molecule has 5 rings (SSSR count). The minimum absolute atomic E-state index is 0.00669. The number of carbonyl (C=O) groups is 1. The maximum atomic E-state index is 13.5. The highest BCUT2D eigenvalue weighted by Crippen LogP contribution is 2.29. The number of hydrogen-bond donors (Lipinski definition) is 1. The van der Waals surface area contributed by atoms with Gasteiger partial charge in [-0.3, -0.25) is 4.79 Å². The van der Waals surface area contributed by atoms with Crippen molar-refractivity contribution in [2.75, 3.05) is 13.1 Å². The summed E-state index contributed by atoms with van der Waals surface area (Å²) in [5.41, 5.74) is 2.45. The lowest BCUT2D eigenvalue weighted by atomic mass is 9.95. The summed E-state index contributed by atoms with van der Waals surface area (Å²) < 4.78 is 30.3. The van der Waals surface area contributed by atoms with Crippen molar-refractivity contribution in [3.63, 3.8) is 0 Å². The molecule has 1 aliphatic heterocycles.